The predicted octanol–water partition coefficient (Wildman–Crippen LogP) is 3.29. The van der Waals surface area contributed by atoms with Gasteiger partial charge in [0, 0.05) is 10.9 Å². The van der Waals surface area contributed by atoms with Gasteiger partial charge >= 0.3 is 5.97 Å². The van der Waals surface area contributed by atoms with Gasteiger partial charge in [-0.3, -0.25) is 4.79 Å². The van der Waals surface area contributed by atoms with Gasteiger partial charge < -0.3 is 4.74 Å². The Morgan fingerprint density at radius 1 is 1.33 bits per heavy atom. The molecule has 0 spiro atoms. The van der Waals surface area contributed by atoms with E-state index in [0.717, 1.165) is 11.3 Å². The number of aldehydes is 1. The van der Waals surface area contributed by atoms with Gasteiger partial charge in [0.25, 0.3) is 0 Å². The molecule has 122 valence electrons. The van der Waals surface area contributed by atoms with Gasteiger partial charge in [0.2, 0.25) is 5.13 Å². The lowest BCUT2D eigenvalue weighted by molar-refractivity contribution is 0.0523. The second-order valence-corrected chi connectivity index (χ2v) is 5.81. The third-order valence-electron chi connectivity index (χ3n) is 3.43. The van der Waals surface area contributed by atoms with Crippen LogP contribution in [0.1, 0.15) is 33.5 Å². The van der Waals surface area contributed by atoms with Crippen LogP contribution in [0.4, 0.5) is 0 Å². The van der Waals surface area contributed by atoms with Crippen LogP contribution in [0.25, 0.3) is 16.4 Å². The van der Waals surface area contributed by atoms with E-state index in [2.05, 4.69) is 10.1 Å². The van der Waals surface area contributed by atoms with Gasteiger partial charge in [-0.15, -0.1) is 11.3 Å². The molecule has 2 aromatic heterocycles. The summed E-state index contributed by atoms with van der Waals surface area (Å²) in [6, 6.07) is 9.71. The van der Waals surface area contributed by atoms with E-state index in [9.17, 15) is 9.59 Å². The highest BCUT2D eigenvalue weighted by atomic mass is 32.1. The highest BCUT2D eigenvalue weighted by molar-refractivity contribution is 7.12. The summed E-state index contributed by atoms with van der Waals surface area (Å²) in [5.74, 6) is -0.553. The van der Waals surface area contributed by atoms with Crippen molar-refractivity contribution >= 4 is 23.6 Å². The van der Waals surface area contributed by atoms with E-state index in [1.807, 2.05) is 35.7 Å². The van der Waals surface area contributed by atoms with Crippen LogP contribution in [-0.2, 0) is 4.74 Å². The van der Waals surface area contributed by atoms with E-state index in [1.54, 1.807) is 13.8 Å². The molecule has 0 amide bonds. The minimum absolute atomic E-state index is 0.153. The molecule has 0 saturated carbocycles. The van der Waals surface area contributed by atoms with E-state index < -0.39 is 5.97 Å². The standard InChI is InChI=1S/C17H15N3O3S/c1-3-23-16(22)15-11(2)19-20(14(15)9-21)17-18-13(10-24-17)12-7-5-4-6-8-12/h4-10H,3H2,1-2H3. The lowest BCUT2D eigenvalue weighted by atomic mass is 10.2. The molecule has 0 unspecified atom stereocenters. The van der Waals surface area contributed by atoms with Crippen molar-refractivity contribution in [2.45, 2.75) is 13.8 Å². The fourth-order valence-corrected chi connectivity index (χ4v) is 3.15. The fraction of sp³-hybridized carbons (Fsp3) is 0.176. The van der Waals surface area contributed by atoms with Crippen molar-refractivity contribution in [2.24, 2.45) is 0 Å². The highest BCUT2D eigenvalue weighted by Gasteiger charge is 2.24. The largest absolute Gasteiger partial charge is 0.462 e. The summed E-state index contributed by atoms with van der Waals surface area (Å²) in [6.45, 7) is 3.61. The average Bonchev–Trinajstić information content (AvgIpc) is 3.20. The minimum atomic E-state index is -0.553. The van der Waals surface area contributed by atoms with Gasteiger partial charge in [0.1, 0.15) is 11.3 Å². The Hall–Kier alpha value is -2.80. The number of nitrogens with zero attached hydrogens (tertiary/aromatic N) is 3. The number of ether oxygens (including phenoxy) is 1. The average molecular weight is 341 g/mol. The molecule has 0 atom stereocenters. The Labute approximate surface area is 142 Å². The number of carbonyl (C=O) groups is 2. The van der Waals surface area contributed by atoms with Crippen LogP contribution in [0.3, 0.4) is 0 Å². The van der Waals surface area contributed by atoms with Gasteiger partial charge in [0.05, 0.1) is 18.0 Å². The second kappa shape index (κ2) is 6.76. The number of hydrogen-bond donors (Lipinski definition) is 0. The zero-order valence-corrected chi connectivity index (χ0v) is 14.0. The van der Waals surface area contributed by atoms with Crippen molar-refractivity contribution in [2.75, 3.05) is 6.61 Å². The molecule has 0 aliphatic heterocycles. The SMILES string of the molecule is CCOC(=O)c1c(C)nn(-c2nc(-c3ccccc3)cs2)c1C=O. The van der Waals surface area contributed by atoms with E-state index in [0.29, 0.717) is 17.1 Å². The van der Waals surface area contributed by atoms with Crippen molar-refractivity contribution in [3.05, 3.63) is 52.7 Å². The number of thiazole rings is 1. The smallest absolute Gasteiger partial charge is 0.342 e. The van der Waals surface area contributed by atoms with Crippen LogP contribution in [-0.4, -0.2) is 33.6 Å². The molecule has 0 fully saturated rings. The normalized spacial score (nSPS) is 10.6. The van der Waals surface area contributed by atoms with Gasteiger partial charge in [-0.2, -0.15) is 5.10 Å². The topological polar surface area (TPSA) is 74.1 Å². The van der Waals surface area contributed by atoms with Crippen molar-refractivity contribution in [1.82, 2.24) is 14.8 Å². The zero-order valence-electron chi connectivity index (χ0n) is 13.2. The Morgan fingerprint density at radius 3 is 2.75 bits per heavy atom. The lowest BCUT2D eigenvalue weighted by Gasteiger charge is -2.01. The molecule has 0 aliphatic rings. The van der Waals surface area contributed by atoms with Crippen molar-refractivity contribution in [1.29, 1.82) is 0 Å². The van der Waals surface area contributed by atoms with E-state index >= 15 is 0 Å². The first-order valence-electron chi connectivity index (χ1n) is 7.39. The lowest BCUT2D eigenvalue weighted by Crippen LogP contribution is -2.09. The Morgan fingerprint density at radius 2 is 2.08 bits per heavy atom. The molecule has 0 saturated heterocycles. The number of carbonyl (C=O) groups excluding carboxylic acids is 2. The molecule has 0 aliphatic carbocycles. The van der Waals surface area contributed by atoms with Crippen molar-refractivity contribution in [3.63, 3.8) is 0 Å². The summed E-state index contributed by atoms with van der Waals surface area (Å²) >= 11 is 1.35. The van der Waals surface area contributed by atoms with Crippen LogP contribution >= 0.6 is 11.3 Å². The van der Waals surface area contributed by atoms with Gasteiger partial charge in [0.15, 0.2) is 6.29 Å². The van der Waals surface area contributed by atoms with Gasteiger partial charge in [-0.25, -0.2) is 14.5 Å². The highest BCUT2D eigenvalue weighted by Crippen LogP contribution is 2.26. The first-order chi connectivity index (χ1) is 11.7. The quantitative estimate of drug-likeness (QED) is 0.526. The molecule has 7 heteroatoms. The summed E-state index contributed by atoms with van der Waals surface area (Å²) in [7, 11) is 0. The maximum atomic E-state index is 12.1. The first-order valence-corrected chi connectivity index (χ1v) is 8.27. The molecular formula is C17H15N3O3S. The molecule has 24 heavy (non-hydrogen) atoms. The molecule has 3 rings (SSSR count). The molecule has 0 radical (unpaired) electrons. The minimum Gasteiger partial charge on any atom is -0.462 e. The van der Waals surface area contributed by atoms with Gasteiger partial charge in [-0.1, -0.05) is 30.3 Å². The van der Waals surface area contributed by atoms with E-state index in [1.165, 1.54) is 16.0 Å². The number of rotatable bonds is 5. The summed E-state index contributed by atoms with van der Waals surface area (Å²) in [6.07, 6.45) is 0.607. The first kappa shape index (κ1) is 16.1. The molecule has 6 nitrogen and oxygen atoms in total. The Kier molecular flexibility index (Phi) is 4.52. The Balaban J connectivity index is 2.05. The zero-order chi connectivity index (χ0) is 17.1. The van der Waals surface area contributed by atoms with Crippen LogP contribution in [0.5, 0.6) is 0 Å². The molecule has 0 bridgehead atoms. The number of benzene rings is 1. The maximum Gasteiger partial charge on any atom is 0.342 e. The summed E-state index contributed by atoms with van der Waals surface area (Å²) in [4.78, 5) is 28.1. The van der Waals surface area contributed by atoms with Crippen LogP contribution in [0.15, 0.2) is 35.7 Å². The summed E-state index contributed by atoms with van der Waals surface area (Å²) < 4.78 is 6.40. The number of aromatic nitrogens is 3. The molecule has 1 aromatic carbocycles. The van der Waals surface area contributed by atoms with Gasteiger partial charge in [-0.05, 0) is 13.8 Å². The van der Waals surface area contributed by atoms with E-state index in [-0.39, 0.29) is 17.9 Å². The molecule has 2 heterocycles. The number of esters is 1. The number of aryl methyl sites for hydroxylation is 1. The number of hydrogen-bond acceptors (Lipinski definition) is 6. The van der Waals surface area contributed by atoms with E-state index in [4.69, 9.17) is 4.74 Å². The summed E-state index contributed by atoms with van der Waals surface area (Å²) in [5.41, 5.74) is 2.54. The Bertz CT molecular complexity index is 884. The third kappa shape index (κ3) is 2.85. The summed E-state index contributed by atoms with van der Waals surface area (Å²) in [5, 5.41) is 6.71. The second-order valence-electron chi connectivity index (χ2n) is 4.98. The molecule has 3 aromatic rings. The molecular weight excluding hydrogens is 326 g/mol. The van der Waals surface area contributed by atoms with Crippen LogP contribution in [0.2, 0.25) is 0 Å². The van der Waals surface area contributed by atoms with Crippen LogP contribution in [0, 0.1) is 6.92 Å². The molecule has 0 N–H and O–H groups in total. The monoisotopic (exact) mass is 341 g/mol. The fourth-order valence-electron chi connectivity index (χ4n) is 2.36. The van der Waals surface area contributed by atoms with Crippen LogP contribution < -0.4 is 0 Å². The third-order valence-corrected chi connectivity index (χ3v) is 4.25. The van der Waals surface area contributed by atoms with Crippen molar-refractivity contribution < 1.29 is 14.3 Å². The van der Waals surface area contributed by atoms with Crippen molar-refractivity contribution in [3.8, 4) is 16.4 Å². The predicted molar refractivity (Wildman–Crippen MR) is 90.8 cm³/mol. The maximum absolute atomic E-state index is 12.1.